The molecule has 3 aromatic rings. The summed E-state index contributed by atoms with van der Waals surface area (Å²) in [4.78, 5) is 22.1. The van der Waals surface area contributed by atoms with E-state index in [9.17, 15) is 14.9 Å². The number of carbonyl (C=O) groups is 1. The van der Waals surface area contributed by atoms with Crippen LogP contribution in [0.2, 0.25) is 0 Å². The topological polar surface area (TPSA) is 97.7 Å². The third kappa shape index (κ3) is 3.49. The quantitative estimate of drug-likeness (QED) is 0.417. The number of nitrogens with one attached hydrogen (secondary N) is 1. The first-order chi connectivity index (χ1) is 11.5. The Bertz CT molecular complexity index is 948. The Kier molecular flexibility index (Phi) is 4.39. The van der Waals surface area contributed by atoms with Gasteiger partial charge in [0, 0.05) is 22.0 Å². The number of rotatable bonds is 4. The molecule has 2 aromatic carbocycles. The van der Waals surface area contributed by atoms with E-state index in [0.29, 0.717) is 11.1 Å². The molecular weight excluding hydrogens is 378 g/mol. The molecule has 0 saturated carbocycles. The largest absolute Gasteiger partial charge is 0.451 e. The summed E-state index contributed by atoms with van der Waals surface area (Å²) < 4.78 is 6.34. The summed E-state index contributed by atoms with van der Waals surface area (Å²) >= 11 is 3.35. The fourth-order valence-corrected chi connectivity index (χ4v) is 2.41. The second-order valence-corrected chi connectivity index (χ2v) is 5.76. The second-order valence-electron chi connectivity index (χ2n) is 4.84. The van der Waals surface area contributed by atoms with Crippen molar-refractivity contribution in [2.75, 3.05) is 0 Å². The lowest BCUT2D eigenvalue weighted by atomic mass is 10.2. The molecule has 0 aliphatic rings. The first kappa shape index (κ1) is 15.9. The van der Waals surface area contributed by atoms with Crippen molar-refractivity contribution in [2.45, 2.75) is 0 Å². The molecule has 120 valence electrons. The van der Waals surface area contributed by atoms with Gasteiger partial charge in [-0.05, 0) is 42.0 Å². The number of fused-ring (bicyclic) bond motifs is 1. The van der Waals surface area contributed by atoms with Crippen LogP contribution in [0.3, 0.4) is 0 Å². The highest BCUT2D eigenvalue weighted by atomic mass is 79.9. The summed E-state index contributed by atoms with van der Waals surface area (Å²) in [5, 5.41) is 15.2. The summed E-state index contributed by atoms with van der Waals surface area (Å²) in [6, 6.07) is 12.8. The minimum absolute atomic E-state index is 0.00961. The van der Waals surface area contributed by atoms with Crippen molar-refractivity contribution in [1.29, 1.82) is 0 Å². The highest BCUT2D eigenvalue weighted by molar-refractivity contribution is 9.10. The number of furan rings is 1. The number of nitro benzene ring substituents is 1. The average Bonchev–Trinajstić information content (AvgIpc) is 2.98. The number of hydrazone groups is 1. The normalized spacial score (nSPS) is 11.0. The molecule has 7 nitrogen and oxygen atoms in total. The number of non-ortho nitro benzene ring substituents is 1. The molecule has 0 spiro atoms. The van der Waals surface area contributed by atoms with Crippen LogP contribution in [0.15, 0.2) is 62.5 Å². The van der Waals surface area contributed by atoms with E-state index in [1.54, 1.807) is 12.1 Å². The number of halogens is 1. The van der Waals surface area contributed by atoms with Crippen molar-refractivity contribution in [3.8, 4) is 0 Å². The summed E-state index contributed by atoms with van der Waals surface area (Å²) in [6.07, 6.45) is 1.39. The molecule has 1 heterocycles. The van der Waals surface area contributed by atoms with Gasteiger partial charge in [-0.3, -0.25) is 14.9 Å². The predicted molar refractivity (Wildman–Crippen MR) is 92.1 cm³/mol. The van der Waals surface area contributed by atoms with E-state index in [4.69, 9.17) is 4.42 Å². The van der Waals surface area contributed by atoms with Crippen molar-refractivity contribution in [2.24, 2.45) is 5.10 Å². The number of benzene rings is 2. The van der Waals surface area contributed by atoms with E-state index < -0.39 is 10.8 Å². The molecule has 0 aliphatic heterocycles. The molecule has 0 saturated heterocycles. The van der Waals surface area contributed by atoms with Gasteiger partial charge in [-0.2, -0.15) is 5.10 Å². The lowest BCUT2D eigenvalue weighted by molar-refractivity contribution is -0.384. The summed E-state index contributed by atoms with van der Waals surface area (Å²) in [6.45, 7) is 0. The molecule has 0 aliphatic carbocycles. The predicted octanol–water partition coefficient (Wildman–Crippen LogP) is 3.87. The van der Waals surface area contributed by atoms with Gasteiger partial charge in [0.15, 0.2) is 5.76 Å². The lowest BCUT2D eigenvalue weighted by Gasteiger charge is -1.96. The molecule has 0 radical (unpaired) electrons. The van der Waals surface area contributed by atoms with Gasteiger partial charge in [0.1, 0.15) is 5.58 Å². The van der Waals surface area contributed by atoms with Crippen molar-refractivity contribution in [3.63, 3.8) is 0 Å². The van der Waals surface area contributed by atoms with E-state index in [1.165, 1.54) is 30.5 Å². The Hall–Kier alpha value is -3.00. The second kappa shape index (κ2) is 6.63. The SMILES string of the molecule is O=C(N/N=C/c1ccc([N+](=O)[O-])cc1)c1cc2cc(Br)ccc2o1. The Morgan fingerprint density at radius 3 is 2.67 bits per heavy atom. The molecule has 1 amide bonds. The highest BCUT2D eigenvalue weighted by Gasteiger charge is 2.11. The van der Waals surface area contributed by atoms with Gasteiger partial charge < -0.3 is 4.42 Å². The van der Waals surface area contributed by atoms with Crippen LogP contribution in [0.4, 0.5) is 5.69 Å². The van der Waals surface area contributed by atoms with Crippen molar-refractivity contribution in [1.82, 2.24) is 5.43 Å². The Labute approximate surface area is 144 Å². The molecule has 0 atom stereocenters. The zero-order valence-corrected chi connectivity index (χ0v) is 13.7. The Morgan fingerprint density at radius 2 is 1.96 bits per heavy atom. The third-order valence-electron chi connectivity index (χ3n) is 3.19. The van der Waals surface area contributed by atoms with Crippen LogP contribution in [0.1, 0.15) is 16.1 Å². The molecule has 1 N–H and O–H groups in total. The van der Waals surface area contributed by atoms with Crippen LogP contribution >= 0.6 is 15.9 Å². The van der Waals surface area contributed by atoms with E-state index in [1.807, 2.05) is 12.1 Å². The highest BCUT2D eigenvalue weighted by Crippen LogP contribution is 2.23. The minimum Gasteiger partial charge on any atom is -0.451 e. The van der Waals surface area contributed by atoms with Crippen LogP contribution in [-0.2, 0) is 0 Å². The molecule has 0 fully saturated rings. The fourth-order valence-electron chi connectivity index (χ4n) is 2.03. The van der Waals surface area contributed by atoms with Gasteiger partial charge in [0.05, 0.1) is 11.1 Å². The van der Waals surface area contributed by atoms with Crippen LogP contribution < -0.4 is 5.43 Å². The first-order valence-corrected chi connectivity index (χ1v) is 7.59. The lowest BCUT2D eigenvalue weighted by Crippen LogP contribution is -2.16. The number of hydrogen-bond donors (Lipinski definition) is 1. The van der Waals surface area contributed by atoms with Crippen molar-refractivity contribution in [3.05, 3.63) is 74.4 Å². The molecule has 3 rings (SSSR count). The molecular formula is C16H10BrN3O4. The van der Waals surface area contributed by atoms with E-state index in [2.05, 4.69) is 26.5 Å². The minimum atomic E-state index is -0.486. The number of nitrogens with zero attached hydrogens (tertiary/aromatic N) is 2. The monoisotopic (exact) mass is 387 g/mol. The van der Waals surface area contributed by atoms with Crippen LogP contribution in [0.5, 0.6) is 0 Å². The zero-order chi connectivity index (χ0) is 17.1. The smallest absolute Gasteiger partial charge is 0.307 e. The average molecular weight is 388 g/mol. The number of hydrogen-bond acceptors (Lipinski definition) is 5. The Morgan fingerprint density at radius 1 is 1.21 bits per heavy atom. The first-order valence-electron chi connectivity index (χ1n) is 6.80. The number of carbonyl (C=O) groups excluding carboxylic acids is 1. The van der Waals surface area contributed by atoms with E-state index >= 15 is 0 Å². The van der Waals surface area contributed by atoms with E-state index in [-0.39, 0.29) is 11.4 Å². The third-order valence-corrected chi connectivity index (χ3v) is 3.68. The van der Waals surface area contributed by atoms with Gasteiger partial charge in [0.25, 0.3) is 5.69 Å². The fraction of sp³-hybridized carbons (Fsp3) is 0. The van der Waals surface area contributed by atoms with Crippen molar-refractivity contribution < 1.29 is 14.1 Å². The standard InChI is InChI=1S/C16H10BrN3O4/c17-12-3-6-14-11(7-12)8-15(24-14)16(21)19-18-9-10-1-4-13(5-2-10)20(22)23/h1-9H,(H,19,21)/b18-9+. The molecule has 0 bridgehead atoms. The number of amides is 1. The maximum absolute atomic E-state index is 12.0. The van der Waals surface area contributed by atoms with Gasteiger partial charge in [-0.1, -0.05) is 15.9 Å². The van der Waals surface area contributed by atoms with Crippen molar-refractivity contribution >= 4 is 44.7 Å². The van der Waals surface area contributed by atoms with E-state index in [0.717, 1.165) is 9.86 Å². The Balaban J connectivity index is 1.68. The number of nitro groups is 1. The van der Waals surface area contributed by atoms with Gasteiger partial charge in [0.2, 0.25) is 0 Å². The van der Waals surface area contributed by atoms with Crippen LogP contribution in [0, 0.1) is 10.1 Å². The molecule has 24 heavy (non-hydrogen) atoms. The molecule has 1 aromatic heterocycles. The maximum atomic E-state index is 12.0. The summed E-state index contributed by atoms with van der Waals surface area (Å²) in [5.74, 6) is -0.343. The summed E-state index contributed by atoms with van der Waals surface area (Å²) in [7, 11) is 0. The van der Waals surface area contributed by atoms with Gasteiger partial charge in [-0.15, -0.1) is 0 Å². The molecule has 8 heteroatoms. The molecule has 0 unspecified atom stereocenters. The summed E-state index contributed by atoms with van der Waals surface area (Å²) in [5.41, 5.74) is 3.56. The van der Waals surface area contributed by atoms with Gasteiger partial charge in [-0.25, -0.2) is 5.43 Å². The van der Waals surface area contributed by atoms with Gasteiger partial charge >= 0.3 is 5.91 Å². The zero-order valence-electron chi connectivity index (χ0n) is 12.1. The van der Waals surface area contributed by atoms with Crippen LogP contribution in [-0.4, -0.2) is 17.0 Å². The maximum Gasteiger partial charge on any atom is 0.307 e. The van der Waals surface area contributed by atoms with Crippen LogP contribution in [0.25, 0.3) is 11.0 Å².